The molecule has 112 valence electrons. The average Bonchev–Trinajstić information content (AvgIpc) is 2.72. The summed E-state index contributed by atoms with van der Waals surface area (Å²) in [7, 11) is -6.92. The monoisotopic (exact) mass is 381 g/mol. The Kier molecular flexibility index (Phi) is 4.19. The van der Waals surface area contributed by atoms with E-state index in [1.165, 1.54) is 12.1 Å². The summed E-state index contributed by atoms with van der Waals surface area (Å²) >= 11 is 3.51. The van der Waals surface area contributed by atoms with Crippen molar-refractivity contribution in [2.24, 2.45) is 0 Å². The Morgan fingerprint density at radius 1 is 1.15 bits per heavy atom. The zero-order chi connectivity index (χ0) is 15.1. The van der Waals surface area contributed by atoms with Gasteiger partial charge in [-0.25, -0.2) is 16.8 Å². The van der Waals surface area contributed by atoms with Crippen LogP contribution in [0, 0.1) is 0 Å². The van der Waals surface area contributed by atoms with Crippen LogP contribution in [0.25, 0.3) is 0 Å². The van der Waals surface area contributed by atoms with E-state index < -0.39 is 19.7 Å². The lowest BCUT2D eigenvalue weighted by atomic mass is 10.3. The highest BCUT2D eigenvalue weighted by atomic mass is 79.9. The van der Waals surface area contributed by atoms with Gasteiger partial charge in [-0.1, -0.05) is 15.9 Å². The predicted octanol–water partition coefficient (Wildman–Crippen LogP) is 1.47. The van der Waals surface area contributed by atoms with E-state index in [1.807, 2.05) is 4.90 Å². The number of rotatable bonds is 3. The van der Waals surface area contributed by atoms with Crippen LogP contribution >= 0.6 is 15.9 Å². The Morgan fingerprint density at radius 2 is 1.80 bits per heavy atom. The third-order valence-corrected chi connectivity index (χ3v) is 6.21. The van der Waals surface area contributed by atoms with Crippen LogP contribution in [0.5, 0.6) is 0 Å². The van der Waals surface area contributed by atoms with E-state index in [0.717, 1.165) is 25.5 Å². The molecule has 1 aliphatic rings. The molecule has 0 N–H and O–H groups in total. The largest absolute Gasteiger partial charge is 0.369 e. The van der Waals surface area contributed by atoms with Gasteiger partial charge in [0.05, 0.1) is 15.5 Å². The Balaban J connectivity index is 2.58. The van der Waals surface area contributed by atoms with E-state index in [0.29, 0.717) is 17.1 Å². The van der Waals surface area contributed by atoms with Gasteiger partial charge in [0.25, 0.3) is 0 Å². The van der Waals surface area contributed by atoms with Crippen LogP contribution in [-0.2, 0) is 19.7 Å². The summed E-state index contributed by atoms with van der Waals surface area (Å²) in [6, 6.07) is 4.29. The van der Waals surface area contributed by atoms with Crippen LogP contribution in [-0.4, -0.2) is 47.3 Å². The van der Waals surface area contributed by atoms with Crippen molar-refractivity contribution < 1.29 is 16.8 Å². The standard InChI is InChI=1S/C12H16BrNO4S2/c1-19(15,16)10-3-4-11(12(7-10)20(2,17)18)14-6-5-9(13)8-14/h3-4,7,9H,5-6,8H2,1-2H3. The van der Waals surface area contributed by atoms with Gasteiger partial charge in [-0.15, -0.1) is 0 Å². The Labute approximate surface area is 127 Å². The highest BCUT2D eigenvalue weighted by Crippen LogP contribution is 2.31. The van der Waals surface area contributed by atoms with E-state index in [-0.39, 0.29) is 9.79 Å². The van der Waals surface area contributed by atoms with Crippen LogP contribution < -0.4 is 4.90 Å². The van der Waals surface area contributed by atoms with E-state index in [2.05, 4.69) is 15.9 Å². The molecule has 1 heterocycles. The maximum absolute atomic E-state index is 11.9. The first-order chi connectivity index (χ1) is 9.09. The molecule has 0 aliphatic carbocycles. The number of nitrogens with zero attached hydrogens (tertiary/aromatic N) is 1. The van der Waals surface area contributed by atoms with E-state index in [1.54, 1.807) is 6.07 Å². The van der Waals surface area contributed by atoms with Gasteiger partial charge in [0, 0.05) is 30.4 Å². The van der Waals surface area contributed by atoms with Crippen LogP contribution in [0.15, 0.2) is 28.0 Å². The van der Waals surface area contributed by atoms with Gasteiger partial charge in [0.2, 0.25) is 0 Å². The minimum Gasteiger partial charge on any atom is -0.369 e. The fourth-order valence-corrected chi connectivity index (χ4v) is 4.41. The summed E-state index contributed by atoms with van der Waals surface area (Å²) in [4.78, 5) is 2.38. The highest BCUT2D eigenvalue weighted by molar-refractivity contribution is 9.09. The molecule has 0 radical (unpaired) electrons. The number of alkyl halides is 1. The smallest absolute Gasteiger partial charge is 0.177 e. The first-order valence-electron chi connectivity index (χ1n) is 6.02. The molecule has 1 atom stereocenters. The van der Waals surface area contributed by atoms with Gasteiger partial charge in [-0.2, -0.15) is 0 Å². The topological polar surface area (TPSA) is 71.5 Å². The lowest BCUT2D eigenvalue weighted by Gasteiger charge is -2.21. The summed E-state index contributed by atoms with van der Waals surface area (Å²) in [5, 5.41) is 0. The molecule has 0 aromatic heterocycles. The molecule has 0 spiro atoms. The van der Waals surface area contributed by atoms with E-state index in [4.69, 9.17) is 0 Å². The van der Waals surface area contributed by atoms with Crippen molar-refractivity contribution in [2.75, 3.05) is 30.5 Å². The lowest BCUT2D eigenvalue weighted by Crippen LogP contribution is -2.22. The molecule has 1 aliphatic heterocycles. The van der Waals surface area contributed by atoms with Crippen molar-refractivity contribution in [3.63, 3.8) is 0 Å². The van der Waals surface area contributed by atoms with Gasteiger partial charge < -0.3 is 4.90 Å². The molecule has 5 nitrogen and oxygen atoms in total. The Morgan fingerprint density at radius 3 is 2.25 bits per heavy atom. The van der Waals surface area contributed by atoms with Crippen LogP contribution in [0.2, 0.25) is 0 Å². The van der Waals surface area contributed by atoms with Crippen molar-refractivity contribution in [3.05, 3.63) is 18.2 Å². The quantitative estimate of drug-likeness (QED) is 0.741. The van der Waals surface area contributed by atoms with Crippen molar-refractivity contribution in [1.82, 2.24) is 0 Å². The van der Waals surface area contributed by atoms with E-state index in [9.17, 15) is 16.8 Å². The SMILES string of the molecule is CS(=O)(=O)c1ccc(N2CCC(Br)C2)c(S(C)(=O)=O)c1. The number of halogens is 1. The molecule has 2 rings (SSSR count). The summed E-state index contributed by atoms with van der Waals surface area (Å²) in [5.74, 6) is 0. The Bertz CT molecular complexity index is 728. The number of benzene rings is 1. The molecule has 0 saturated carbocycles. The normalized spacial score (nSPS) is 20.4. The molecule has 0 bridgehead atoms. The maximum Gasteiger partial charge on any atom is 0.177 e. The predicted molar refractivity (Wildman–Crippen MR) is 82.2 cm³/mol. The van der Waals surface area contributed by atoms with Gasteiger partial charge in [-0.05, 0) is 24.6 Å². The fraction of sp³-hybridized carbons (Fsp3) is 0.500. The van der Waals surface area contributed by atoms with Gasteiger partial charge >= 0.3 is 0 Å². The summed E-state index contributed by atoms with van der Waals surface area (Å²) in [6.45, 7) is 1.46. The Hall–Kier alpha value is -0.600. The fourth-order valence-electron chi connectivity index (χ4n) is 2.22. The van der Waals surface area contributed by atoms with Crippen LogP contribution in [0.4, 0.5) is 5.69 Å². The zero-order valence-corrected chi connectivity index (χ0v) is 14.4. The van der Waals surface area contributed by atoms with Crippen molar-refractivity contribution in [2.45, 2.75) is 21.0 Å². The minimum absolute atomic E-state index is 0.0243. The number of sulfone groups is 2. The first kappa shape index (κ1) is 15.8. The van der Waals surface area contributed by atoms with Crippen molar-refractivity contribution in [3.8, 4) is 0 Å². The highest BCUT2D eigenvalue weighted by Gasteiger charge is 2.26. The summed E-state index contributed by atoms with van der Waals surface area (Å²) < 4.78 is 47.0. The van der Waals surface area contributed by atoms with Gasteiger partial charge in [0.15, 0.2) is 19.7 Å². The third-order valence-electron chi connectivity index (χ3n) is 3.23. The molecule has 1 aromatic rings. The third kappa shape index (κ3) is 3.35. The molecule has 1 saturated heterocycles. The number of hydrogen-bond acceptors (Lipinski definition) is 5. The second-order valence-corrected chi connectivity index (χ2v) is 10.3. The van der Waals surface area contributed by atoms with Crippen LogP contribution in [0.1, 0.15) is 6.42 Å². The number of anilines is 1. The van der Waals surface area contributed by atoms with E-state index >= 15 is 0 Å². The molecular weight excluding hydrogens is 366 g/mol. The van der Waals surface area contributed by atoms with Crippen molar-refractivity contribution in [1.29, 1.82) is 0 Å². The van der Waals surface area contributed by atoms with Crippen molar-refractivity contribution >= 4 is 41.3 Å². The lowest BCUT2D eigenvalue weighted by molar-refractivity contribution is 0.600. The van der Waals surface area contributed by atoms with Gasteiger partial charge in [-0.3, -0.25) is 0 Å². The molecule has 1 fully saturated rings. The molecule has 1 aromatic carbocycles. The molecule has 8 heteroatoms. The summed E-state index contributed by atoms with van der Waals surface area (Å²) in [6.07, 6.45) is 3.09. The maximum atomic E-state index is 11.9. The molecule has 0 amide bonds. The zero-order valence-electron chi connectivity index (χ0n) is 11.2. The molecular formula is C12H16BrNO4S2. The second kappa shape index (κ2) is 5.31. The average molecular weight is 382 g/mol. The number of hydrogen-bond donors (Lipinski definition) is 0. The van der Waals surface area contributed by atoms with Crippen LogP contribution in [0.3, 0.4) is 0 Å². The minimum atomic E-state index is -3.49. The van der Waals surface area contributed by atoms with Gasteiger partial charge in [0.1, 0.15) is 0 Å². The molecule has 20 heavy (non-hydrogen) atoms. The summed E-state index contributed by atoms with van der Waals surface area (Å²) in [5.41, 5.74) is 0.571. The second-order valence-electron chi connectivity index (χ2n) is 5.01. The molecule has 1 unspecified atom stereocenters. The first-order valence-corrected chi connectivity index (χ1v) is 10.7.